The number of nitrogens with one attached hydrogen (secondary N) is 1. The summed E-state index contributed by atoms with van der Waals surface area (Å²) in [5, 5.41) is 3.39. The predicted octanol–water partition coefficient (Wildman–Crippen LogP) is 2.04. The van der Waals surface area contributed by atoms with E-state index in [2.05, 4.69) is 22.2 Å². The standard InChI is InChI=1S/C14H25N3O2S/c1-4-8-15-13(7-6-9-20(18,19)5-2)14-16-10-12(3)11-17-14/h10-11,13,15H,4-9H2,1-3H3. The van der Waals surface area contributed by atoms with Gasteiger partial charge in [-0.1, -0.05) is 13.8 Å². The van der Waals surface area contributed by atoms with Gasteiger partial charge in [-0.25, -0.2) is 18.4 Å². The highest BCUT2D eigenvalue weighted by Crippen LogP contribution is 2.15. The van der Waals surface area contributed by atoms with Crippen LogP contribution in [0.15, 0.2) is 12.4 Å². The van der Waals surface area contributed by atoms with E-state index >= 15 is 0 Å². The van der Waals surface area contributed by atoms with Crippen LogP contribution in [0.3, 0.4) is 0 Å². The Labute approximate surface area is 122 Å². The minimum absolute atomic E-state index is 0.0302. The van der Waals surface area contributed by atoms with Gasteiger partial charge in [-0.05, 0) is 38.3 Å². The van der Waals surface area contributed by atoms with Crippen molar-refractivity contribution < 1.29 is 8.42 Å². The van der Waals surface area contributed by atoms with Gasteiger partial charge in [0.25, 0.3) is 0 Å². The van der Waals surface area contributed by atoms with Gasteiger partial charge in [-0.15, -0.1) is 0 Å². The molecule has 1 N–H and O–H groups in total. The quantitative estimate of drug-likeness (QED) is 0.755. The maximum Gasteiger partial charge on any atom is 0.150 e. The molecule has 1 aromatic rings. The van der Waals surface area contributed by atoms with E-state index in [0.717, 1.165) is 30.8 Å². The Bertz CT molecular complexity index is 486. The largest absolute Gasteiger partial charge is 0.307 e. The van der Waals surface area contributed by atoms with Gasteiger partial charge < -0.3 is 5.32 Å². The van der Waals surface area contributed by atoms with Gasteiger partial charge in [0, 0.05) is 18.1 Å². The zero-order chi connectivity index (χ0) is 15.0. The van der Waals surface area contributed by atoms with Crippen molar-refractivity contribution in [1.82, 2.24) is 15.3 Å². The monoisotopic (exact) mass is 299 g/mol. The van der Waals surface area contributed by atoms with Crippen molar-refractivity contribution in [2.24, 2.45) is 0 Å². The molecule has 0 spiro atoms. The van der Waals surface area contributed by atoms with Gasteiger partial charge in [-0.3, -0.25) is 0 Å². The highest BCUT2D eigenvalue weighted by atomic mass is 32.2. The van der Waals surface area contributed by atoms with E-state index in [1.807, 2.05) is 6.92 Å². The van der Waals surface area contributed by atoms with E-state index in [1.165, 1.54) is 0 Å². The summed E-state index contributed by atoms with van der Waals surface area (Å²) in [5.74, 6) is 1.19. The molecule has 1 unspecified atom stereocenters. The number of hydrogen-bond donors (Lipinski definition) is 1. The summed E-state index contributed by atoms with van der Waals surface area (Å²) in [6.45, 7) is 6.61. The van der Waals surface area contributed by atoms with E-state index in [4.69, 9.17) is 0 Å². The molecule has 0 saturated carbocycles. The van der Waals surface area contributed by atoms with Crippen molar-refractivity contribution in [1.29, 1.82) is 0 Å². The second-order valence-corrected chi connectivity index (χ2v) is 7.48. The molecule has 0 aliphatic carbocycles. The lowest BCUT2D eigenvalue weighted by Gasteiger charge is -2.17. The van der Waals surface area contributed by atoms with Crippen molar-refractivity contribution >= 4 is 9.84 Å². The Balaban J connectivity index is 2.62. The van der Waals surface area contributed by atoms with Gasteiger partial charge in [0.1, 0.15) is 15.7 Å². The molecule has 6 heteroatoms. The molecule has 0 amide bonds. The fourth-order valence-corrected chi connectivity index (χ4v) is 2.77. The smallest absolute Gasteiger partial charge is 0.150 e. The first-order chi connectivity index (χ1) is 9.48. The molecule has 0 aliphatic rings. The van der Waals surface area contributed by atoms with Crippen molar-refractivity contribution in [2.45, 2.75) is 46.1 Å². The lowest BCUT2D eigenvalue weighted by molar-refractivity contribution is 0.470. The van der Waals surface area contributed by atoms with Crippen LogP contribution in [0, 0.1) is 6.92 Å². The summed E-state index contributed by atoms with van der Waals surface area (Å²) in [6.07, 6.45) is 5.99. The third-order valence-corrected chi connectivity index (χ3v) is 4.93. The van der Waals surface area contributed by atoms with E-state index in [9.17, 15) is 8.42 Å². The molecule has 0 saturated heterocycles. The van der Waals surface area contributed by atoms with Crippen molar-refractivity contribution in [3.8, 4) is 0 Å². The molecule has 20 heavy (non-hydrogen) atoms. The molecular formula is C14H25N3O2S. The third kappa shape index (κ3) is 5.96. The highest BCUT2D eigenvalue weighted by molar-refractivity contribution is 7.91. The van der Waals surface area contributed by atoms with Gasteiger partial charge in [0.05, 0.1) is 11.8 Å². The molecule has 1 rings (SSSR count). The first-order valence-electron chi connectivity index (χ1n) is 7.21. The lowest BCUT2D eigenvalue weighted by atomic mass is 10.1. The van der Waals surface area contributed by atoms with Crippen molar-refractivity contribution in [3.63, 3.8) is 0 Å². The molecule has 0 radical (unpaired) electrons. The van der Waals surface area contributed by atoms with Crippen molar-refractivity contribution in [2.75, 3.05) is 18.1 Å². The van der Waals surface area contributed by atoms with Crippen LogP contribution in [0.4, 0.5) is 0 Å². The Morgan fingerprint density at radius 2 is 1.90 bits per heavy atom. The number of aryl methyl sites for hydroxylation is 1. The molecular weight excluding hydrogens is 274 g/mol. The average molecular weight is 299 g/mol. The van der Waals surface area contributed by atoms with E-state index in [0.29, 0.717) is 6.42 Å². The Morgan fingerprint density at radius 3 is 2.45 bits per heavy atom. The third-order valence-electron chi connectivity index (χ3n) is 3.14. The Kier molecular flexibility index (Phi) is 7.09. The molecule has 0 aromatic carbocycles. The van der Waals surface area contributed by atoms with E-state index in [1.54, 1.807) is 19.3 Å². The molecule has 5 nitrogen and oxygen atoms in total. The van der Waals surface area contributed by atoms with Crippen LogP contribution in [0.25, 0.3) is 0 Å². The second kappa shape index (κ2) is 8.32. The molecule has 0 aliphatic heterocycles. The van der Waals surface area contributed by atoms with Crippen LogP contribution in [0.1, 0.15) is 50.5 Å². The van der Waals surface area contributed by atoms with Crippen LogP contribution < -0.4 is 5.32 Å². The topological polar surface area (TPSA) is 72.0 Å². The number of rotatable bonds is 9. The first-order valence-corrected chi connectivity index (χ1v) is 9.03. The highest BCUT2D eigenvalue weighted by Gasteiger charge is 2.15. The lowest BCUT2D eigenvalue weighted by Crippen LogP contribution is -2.25. The molecule has 1 heterocycles. The predicted molar refractivity (Wildman–Crippen MR) is 81.4 cm³/mol. The average Bonchev–Trinajstić information content (AvgIpc) is 2.43. The van der Waals surface area contributed by atoms with Gasteiger partial charge in [0.2, 0.25) is 0 Å². The molecule has 1 aromatic heterocycles. The van der Waals surface area contributed by atoms with Crippen LogP contribution in [-0.4, -0.2) is 36.4 Å². The summed E-state index contributed by atoms with van der Waals surface area (Å²) in [7, 11) is -2.89. The SMILES string of the molecule is CCCNC(CCCS(=O)(=O)CC)c1ncc(C)cn1. The van der Waals surface area contributed by atoms with Crippen molar-refractivity contribution in [3.05, 3.63) is 23.8 Å². The first kappa shape index (κ1) is 17.0. The molecule has 0 fully saturated rings. The maximum atomic E-state index is 11.5. The fraction of sp³-hybridized carbons (Fsp3) is 0.714. The fourth-order valence-electron chi connectivity index (χ4n) is 1.88. The van der Waals surface area contributed by atoms with Gasteiger partial charge in [-0.2, -0.15) is 0 Å². The van der Waals surface area contributed by atoms with Crippen LogP contribution >= 0.6 is 0 Å². The number of nitrogens with zero attached hydrogens (tertiary/aromatic N) is 2. The number of hydrogen-bond acceptors (Lipinski definition) is 5. The summed E-state index contributed by atoms with van der Waals surface area (Å²) in [4.78, 5) is 8.69. The van der Waals surface area contributed by atoms with Crippen LogP contribution in [0.5, 0.6) is 0 Å². The summed E-state index contributed by atoms with van der Waals surface area (Å²) >= 11 is 0. The summed E-state index contributed by atoms with van der Waals surface area (Å²) in [5.41, 5.74) is 1.02. The second-order valence-electron chi connectivity index (χ2n) is 5.00. The Hall–Kier alpha value is -1.01. The summed E-state index contributed by atoms with van der Waals surface area (Å²) < 4.78 is 23.0. The van der Waals surface area contributed by atoms with E-state index < -0.39 is 9.84 Å². The number of sulfone groups is 1. The minimum atomic E-state index is -2.89. The minimum Gasteiger partial charge on any atom is -0.307 e. The maximum absolute atomic E-state index is 11.5. The van der Waals surface area contributed by atoms with Gasteiger partial charge >= 0.3 is 0 Å². The zero-order valence-corrected chi connectivity index (χ0v) is 13.4. The number of aromatic nitrogens is 2. The Morgan fingerprint density at radius 1 is 1.25 bits per heavy atom. The molecule has 1 atom stereocenters. The molecule has 114 valence electrons. The normalized spacial score (nSPS) is 13.3. The molecule has 0 bridgehead atoms. The van der Waals surface area contributed by atoms with Gasteiger partial charge in [0.15, 0.2) is 0 Å². The zero-order valence-electron chi connectivity index (χ0n) is 12.6. The summed E-state index contributed by atoms with van der Waals surface area (Å²) in [6, 6.07) is 0.0302. The van der Waals surface area contributed by atoms with E-state index in [-0.39, 0.29) is 17.5 Å². The van der Waals surface area contributed by atoms with Crippen LogP contribution in [-0.2, 0) is 9.84 Å². The van der Waals surface area contributed by atoms with Crippen LogP contribution in [0.2, 0.25) is 0 Å².